The number of nitrogens with zero attached hydrogens (tertiary/aromatic N) is 5. The number of hydrogen-bond donors (Lipinski definition) is 1. The third-order valence-electron chi connectivity index (χ3n) is 5.82. The Bertz CT molecular complexity index is 1410. The lowest BCUT2D eigenvalue weighted by Crippen LogP contribution is -2.40. The first-order chi connectivity index (χ1) is 17.6. The predicted molar refractivity (Wildman–Crippen MR) is 130 cm³/mol. The van der Waals surface area contributed by atoms with Crippen molar-refractivity contribution < 1.29 is 23.8 Å². The molecule has 4 heterocycles. The van der Waals surface area contributed by atoms with Gasteiger partial charge < -0.3 is 24.4 Å². The Balaban J connectivity index is 1.35. The number of benzene rings is 1. The van der Waals surface area contributed by atoms with E-state index in [9.17, 15) is 9.59 Å². The summed E-state index contributed by atoms with van der Waals surface area (Å²) in [5, 5.41) is 7.18. The van der Waals surface area contributed by atoms with Crippen LogP contribution in [0.1, 0.15) is 20.8 Å². The third kappa shape index (κ3) is 4.56. The van der Waals surface area contributed by atoms with E-state index in [0.29, 0.717) is 54.8 Å². The molecule has 5 rings (SSSR count). The number of fused-ring (bicyclic) bond motifs is 1. The van der Waals surface area contributed by atoms with Crippen molar-refractivity contribution in [3.8, 4) is 22.8 Å². The molecule has 1 aliphatic heterocycles. The zero-order valence-corrected chi connectivity index (χ0v) is 19.8. The van der Waals surface area contributed by atoms with Crippen LogP contribution in [0.5, 0.6) is 11.5 Å². The molecular formula is C25H24N6O5. The van der Waals surface area contributed by atoms with Gasteiger partial charge in [-0.05, 0) is 36.4 Å². The van der Waals surface area contributed by atoms with Crippen LogP contribution < -0.4 is 14.8 Å². The number of amides is 2. The smallest absolute Gasteiger partial charge is 0.277 e. The van der Waals surface area contributed by atoms with E-state index in [0.717, 1.165) is 11.3 Å². The number of ether oxygens (including phenoxy) is 3. The lowest BCUT2D eigenvalue weighted by atomic mass is 10.1. The van der Waals surface area contributed by atoms with Crippen LogP contribution >= 0.6 is 0 Å². The van der Waals surface area contributed by atoms with Gasteiger partial charge in [0.05, 0.1) is 38.7 Å². The van der Waals surface area contributed by atoms with E-state index in [2.05, 4.69) is 20.4 Å². The standard InChI is InChI=1S/C25H24N6O5/c1-34-20-5-3-16(13-21(20)35-2)19-7-8-26-23-14-18(29-31(19)23)24(32)28-22-6-4-17(15-27-22)25(33)30-9-11-36-12-10-30/h3-8,13-15H,9-12H2,1-2H3,(H,27,28,32). The Kier molecular flexibility index (Phi) is 6.46. The van der Waals surface area contributed by atoms with Gasteiger partial charge >= 0.3 is 0 Å². The predicted octanol–water partition coefficient (Wildman–Crippen LogP) is 2.53. The quantitative estimate of drug-likeness (QED) is 0.440. The number of pyridine rings is 1. The topological polar surface area (TPSA) is 120 Å². The van der Waals surface area contributed by atoms with Crippen molar-refractivity contribution in [2.45, 2.75) is 0 Å². The number of morpholine rings is 1. The summed E-state index contributed by atoms with van der Waals surface area (Å²) in [6.07, 6.45) is 3.10. The second-order valence-electron chi connectivity index (χ2n) is 7.99. The molecule has 2 amide bonds. The summed E-state index contributed by atoms with van der Waals surface area (Å²) < 4.78 is 17.6. The lowest BCUT2D eigenvalue weighted by molar-refractivity contribution is 0.0302. The van der Waals surface area contributed by atoms with Crippen molar-refractivity contribution in [3.05, 3.63) is 66.1 Å². The molecule has 184 valence electrons. The second kappa shape index (κ2) is 10.0. The molecule has 0 saturated carbocycles. The average Bonchev–Trinajstić information content (AvgIpc) is 3.38. The maximum absolute atomic E-state index is 12.9. The fourth-order valence-electron chi connectivity index (χ4n) is 3.94. The normalized spacial score (nSPS) is 13.4. The van der Waals surface area contributed by atoms with Gasteiger partial charge in [0.25, 0.3) is 11.8 Å². The molecule has 0 unspecified atom stereocenters. The monoisotopic (exact) mass is 488 g/mol. The van der Waals surface area contributed by atoms with Gasteiger partial charge in [0.15, 0.2) is 22.8 Å². The van der Waals surface area contributed by atoms with Gasteiger partial charge in [0.2, 0.25) is 0 Å². The molecule has 36 heavy (non-hydrogen) atoms. The molecule has 11 nitrogen and oxygen atoms in total. The summed E-state index contributed by atoms with van der Waals surface area (Å²) in [5.41, 5.74) is 2.67. The molecular weight excluding hydrogens is 464 g/mol. The Morgan fingerprint density at radius 2 is 1.78 bits per heavy atom. The summed E-state index contributed by atoms with van der Waals surface area (Å²) in [5.74, 6) is 0.934. The van der Waals surface area contributed by atoms with Gasteiger partial charge in [-0.2, -0.15) is 5.10 Å². The minimum absolute atomic E-state index is 0.113. The number of carbonyl (C=O) groups is 2. The first kappa shape index (κ1) is 23.2. The van der Waals surface area contributed by atoms with E-state index in [1.807, 2.05) is 12.1 Å². The highest BCUT2D eigenvalue weighted by Crippen LogP contribution is 2.32. The van der Waals surface area contributed by atoms with Gasteiger partial charge in [-0.1, -0.05) is 0 Å². The van der Waals surface area contributed by atoms with Crippen molar-refractivity contribution in [2.24, 2.45) is 0 Å². The maximum atomic E-state index is 12.9. The Labute approximate surface area is 206 Å². The number of anilines is 1. The van der Waals surface area contributed by atoms with Crippen LogP contribution in [0.25, 0.3) is 16.9 Å². The molecule has 0 atom stereocenters. The Morgan fingerprint density at radius 1 is 0.972 bits per heavy atom. The van der Waals surface area contributed by atoms with Gasteiger partial charge in [-0.15, -0.1) is 0 Å². The molecule has 0 spiro atoms. The Hall–Kier alpha value is -4.51. The molecule has 0 bridgehead atoms. The van der Waals surface area contributed by atoms with Gasteiger partial charge in [-0.25, -0.2) is 14.5 Å². The van der Waals surface area contributed by atoms with Crippen molar-refractivity contribution in [2.75, 3.05) is 45.8 Å². The molecule has 1 aromatic carbocycles. The maximum Gasteiger partial charge on any atom is 0.277 e. The van der Waals surface area contributed by atoms with Crippen molar-refractivity contribution in [1.29, 1.82) is 0 Å². The van der Waals surface area contributed by atoms with Gasteiger partial charge in [0, 0.05) is 37.1 Å². The van der Waals surface area contributed by atoms with Crippen LogP contribution in [-0.2, 0) is 4.74 Å². The number of rotatable bonds is 6. The van der Waals surface area contributed by atoms with E-state index < -0.39 is 5.91 Å². The van der Waals surface area contributed by atoms with Crippen molar-refractivity contribution in [3.63, 3.8) is 0 Å². The number of carbonyl (C=O) groups excluding carboxylic acids is 2. The minimum atomic E-state index is -0.446. The van der Waals surface area contributed by atoms with Crippen molar-refractivity contribution in [1.82, 2.24) is 24.5 Å². The van der Waals surface area contributed by atoms with Crippen LogP contribution in [0.15, 0.2) is 54.9 Å². The zero-order valence-electron chi connectivity index (χ0n) is 19.8. The minimum Gasteiger partial charge on any atom is -0.493 e. The van der Waals surface area contributed by atoms with Crippen molar-refractivity contribution >= 4 is 23.3 Å². The van der Waals surface area contributed by atoms with E-state index >= 15 is 0 Å². The number of methoxy groups -OCH3 is 2. The highest BCUT2D eigenvalue weighted by atomic mass is 16.5. The largest absolute Gasteiger partial charge is 0.493 e. The van der Waals surface area contributed by atoms with Crippen LogP contribution in [0, 0.1) is 0 Å². The van der Waals surface area contributed by atoms with E-state index in [1.54, 1.807) is 60.2 Å². The molecule has 1 aliphatic rings. The van der Waals surface area contributed by atoms with E-state index in [-0.39, 0.29) is 11.6 Å². The molecule has 0 aliphatic carbocycles. The fourth-order valence-corrected chi connectivity index (χ4v) is 3.94. The summed E-state index contributed by atoms with van der Waals surface area (Å²) in [7, 11) is 3.14. The summed E-state index contributed by atoms with van der Waals surface area (Å²) in [6.45, 7) is 2.14. The molecule has 4 aromatic rings. The molecule has 0 radical (unpaired) electrons. The number of aromatic nitrogens is 4. The average molecular weight is 489 g/mol. The summed E-state index contributed by atoms with van der Waals surface area (Å²) in [4.78, 5) is 35.8. The van der Waals surface area contributed by atoms with E-state index in [1.165, 1.54) is 6.20 Å². The first-order valence-electron chi connectivity index (χ1n) is 11.3. The van der Waals surface area contributed by atoms with Crippen LogP contribution in [0.4, 0.5) is 5.82 Å². The molecule has 1 fully saturated rings. The summed E-state index contributed by atoms with van der Waals surface area (Å²) >= 11 is 0. The Morgan fingerprint density at radius 3 is 2.50 bits per heavy atom. The van der Waals surface area contributed by atoms with Crippen LogP contribution in [0.3, 0.4) is 0 Å². The third-order valence-corrected chi connectivity index (χ3v) is 5.82. The van der Waals surface area contributed by atoms with Crippen LogP contribution in [-0.4, -0.2) is 76.8 Å². The van der Waals surface area contributed by atoms with Gasteiger partial charge in [0.1, 0.15) is 5.82 Å². The van der Waals surface area contributed by atoms with Crippen LogP contribution in [0.2, 0.25) is 0 Å². The lowest BCUT2D eigenvalue weighted by Gasteiger charge is -2.26. The highest BCUT2D eigenvalue weighted by molar-refractivity contribution is 6.03. The SMILES string of the molecule is COc1ccc(-c2ccnc3cc(C(=O)Nc4ccc(C(=O)N5CCOCC5)cn4)nn23)cc1OC. The molecule has 11 heteroatoms. The highest BCUT2D eigenvalue weighted by Gasteiger charge is 2.20. The summed E-state index contributed by atoms with van der Waals surface area (Å²) in [6, 6.07) is 12.1. The molecule has 3 aromatic heterocycles. The fraction of sp³-hybridized carbons (Fsp3) is 0.240. The van der Waals surface area contributed by atoms with Gasteiger partial charge in [-0.3, -0.25) is 9.59 Å². The number of hydrogen-bond acceptors (Lipinski definition) is 8. The van der Waals surface area contributed by atoms with E-state index in [4.69, 9.17) is 14.2 Å². The zero-order chi connectivity index (χ0) is 25.1. The first-order valence-corrected chi connectivity index (χ1v) is 11.3. The molecule has 1 N–H and O–H groups in total. The number of nitrogens with one attached hydrogen (secondary N) is 1. The second-order valence-corrected chi connectivity index (χ2v) is 7.99. The molecule has 1 saturated heterocycles.